The third kappa shape index (κ3) is 2.03. The minimum Gasteiger partial charge on any atom is -0.495 e. The van der Waals surface area contributed by atoms with Gasteiger partial charge >= 0.3 is 0 Å². The lowest BCUT2D eigenvalue weighted by atomic mass is 9.88. The molecule has 0 saturated heterocycles. The van der Waals surface area contributed by atoms with E-state index >= 15 is 0 Å². The van der Waals surface area contributed by atoms with Gasteiger partial charge in [0, 0.05) is 11.1 Å². The van der Waals surface area contributed by atoms with Gasteiger partial charge in [-0.25, -0.2) is 0 Å². The first-order valence-corrected chi connectivity index (χ1v) is 6.99. The number of hydrogen-bond acceptors (Lipinski definition) is 4. The van der Waals surface area contributed by atoms with Gasteiger partial charge < -0.3 is 19.9 Å². The van der Waals surface area contributed by atoms with Crippen molar-refractivity contribution in [2.24, 2.45) is 5.73 Å². The third-order valence-corrected chi connectivity index (χ3v) is 4.31. The van der Waals surface area contributed by atoms with Crippen molar-refractivity contribution in [3.05, 3.63) is 16.7 Å². The zero-order valence-corrected chi connectivity index (χ0v) is 11.8. The highest BCUT2D eigenvalue weighted by molar-refractivity contribution is 6.34. The fourth-order valence-electron chi connectivity index (χ4n) is 2.97. The number of rotatable bonds is 2. The Kier molecular flexibility index (Phi) is 3.23. The Bertz CT molecular complexity index is 498. The highest BCUT2D eigenvalue weighted by atomic mass is 35.5. The second kappa shape index (κ2) is 4.76. The molecule has 104 valence electrons. The molecule has 0 unspecified atom stereocenters. The van der Waals surface area contributed by atoms with Crippen molar-refractivity contribution >= 4 is 11.6 Å². The van der Waals surface area contributed by atoms with Gasteiger partial charge in [-0.2, -0.15) is 0 Å². The van der Waals surface area contributed by atoms with Crippen LogP contribution >= 0.6 is 11.6 Å². The summed E-state index contributed by atoms with van der Waals surface area (Å²) in [5.74, 6) is 1.86. The number of benzene rings is 1. The number of hydrogen-bond donors (Lipinski definition) is 1. The highest BCUT2D eigenvalue weighted by Crippen LogP contribution is 2.50. The van der Waals surface area contributed by atoms with E-state index in [4.69, 9.17) is 31.5 Å². The molecule has 1 aliphatic carbocycles. The predicted molar refractivity (Wildman–Crippen MR) is 73.3 cm³/mol. The molecule has 1 aromatic rings. The first-order valence-electron chi connectivity index (χ1n) is 6.61. The molecule has 19 heavy (non-hydrogen) atoms. The van der Waals surface area contributed by atoms with Crippen molar-refractivity contribution in [3.8, 4) is 17.2 Å². The normalized spacial score (nSPS) is 20.4. The molecule has 1 heterocycles. The summed E-state index contributed by atoms with van der Waals surface area (Å²) in [5.41, 5.74) is 7.09. The molecule has 1 saturated carbocycles. The van der Waals surface area contributed by atoms with Crippen LogP contribution in [0.15, 0.2) is 6.07 Å². The van der Waals surface area contributed by atoms with Gasteiger partial charge in [0.1, 0.15) is 24.0 Å². The van der Waals surface area contributed by atoms with Crippen LogP contribution in [-0.2, 0) is 5.54 Å². The maximum absolute atomic E-state index is 6.52. The average molecular weight is 284 g/mol. The molecule has 0 amide bonds. The standard InChI is InChI=1S/C14H18ClNO3/c1-17-12-9(14(16)4-2-3-5-14)8-10-13(11(12)15)19-7-6-18-10/h8H,2-7,16H2,1H3. The first kappa shape index (κ1) is 12.9. The molecule has 1 aliphatic heterocycles. The van der Waals surface area contributed by atoms with Gasteiger partial charge in [-0.1, -0.05) is 24.4 Å². The van der Waals surface area contributed by atoms with Gasteiger partial charge in [-0.3, -0.25) is 0 Å². The van der Waals surface area contributed by atoms with E-state index in [-0.39, 0.29) is 5.54 Å². The second-order valence-corrected chi connectivity index (χ2v) is 5.54. The van der Waals surface area contributed by atoms with E-state index in [0.29, 0.717) is 35.5 Å². The number of fused-ring (bicyclic) bond motifs is 1. The lowest BCUT2D eigenvalue weighted by Gasteiger charge is -2.29. The molecule has 2 aliphatic rings. The summed E-state index contributed by atoms with van der Waals surface area (Å²) >= 11 is 6.39. The summed E-state index contributed by atoms with van der Waals surface area (Å²) in [5, 5.41) is 0.464. The van der Waals surface area contributed by atoms with Gasteiger partial charge in [0.2, 0.25) is 0 Å². The molecule has 5 heteroatoms. The number of halogens is 1. The Morgan fingerprint density at radius 1 is 1.26 bits per heavy atom. The van der Waals surface area contributed by atoms with Gasteiger partial charge in [-0.05, 0) is 18.9 Å². The molecule has 0 atom stereocenters. The van der Waals surface area contributed by atoms with E-state index in [1.807, 2.05) is 6.07 Å². The Balaban J connectivity index is 2.15. The molecular weight excluding hydrogens is 266 g/mol. The lowest BCUT2D eigenvalue weighted by molar-refractivity contribution is 0.170. The van der Waals surface area contributed by atoms with Crippen molar-refractivity contribution in [2.75, 3.05) is 20.3 Å². The Morgan fingerprint density at radius 2 is 1.95 bits per heavy atom. The molecule has 0 bridgehead atoms. The molecule has 1 aromatic carbocycles. The topological polar surface area (TPSA) is 53.7 Å². The zero-order valence-electron chi connectivity index (χ0n) is 11.0. The van der Waals surface area contributed by atoms with Gasteiger partial charge in [-0.15, -0.1) is 0 Å². The van der Waals surface area contributed by atoms with Crippen LogP contribution in [0.2, 0.25) is 5.02 Å². The fraction of sp³-hybridized carbons (Fsp3) is 0.571. The average Bonchev–Trinajstić information content (AvgIpc) is 2.87. The quantitative estimate of drug-likeness (QED) is 0.907. The van der Waals surface area contributed by atoms with Crippen molar-refractivity contribution in [1.29, 1.82) is 0 Å². The number of nitrogens with two attached hydrogens (primary N) is 1. The van der Waals surface area contributed by atoms with E-state index in [1.165, 1.54) is 0 Å². The van der Waals surface area contributed by atoms with Crippen LogP contribution in [0.3, 0.4) is 0 Å². The largest absolute Gasteiger partial charge is 0.495 e. The lowest BCUT2D eigenvalue weighted by Crippen LogP contribution is -2.34. The minimum absolute atomic E-state index is 0.370. The highest BCUT2D eigenvalue weighted by Gasteiger charge is 2.37. The number of ether oxygens (including phenoxy) is 3. The molecule has 4 nitrogen and oxygen atoms in total. The van der Waals surface area contributed by atoms with Crippen molar-refractivity contribution in [3.63, 3.8) is 0 Å². The smallest absolute Gasteiger partial charge is 0.183 e. The summed E-state index contributed by atoms with van der Waals surface area (Å²) in [6.45, 7) is 1.04. The molecule has 0 aromatic heterocycles. The summed E-state index contributed by atoms with van der Waals surface area (Å²) < 4.78 is 16.7. The molecule has 0 radical (unpaired) electrons. The van der Waals surface area contributed by atoms with E-state index < -0.39 is 0 Å². The zero-order chi connectivity index (χ0) is 13.5. The van der Waals surface area contributed by atoms with Gasteiger partial charge in [0.25, 0.3) is 0 Å². The van der Waals surface area contributed by atoms with Gasteiger partial charge in [0.05, 0.1) is 7.11 Å². The van der Waals surface area contributed by atoms with Crippen molar-refractivity contribution in [2.45, 2.75) is 31.2 Å². The minimum atomic E-state index is -0.370. The van der Waals surface area contributed by atoms with Crippen LogP contribution in [0.5, 0.6) is 17.2 Å². The fourth-order valence-corrected chi connectivity index (χ4v) is 3.30. The van der Waals surface area contributed by atoms with Crippen LogP contribution in [-0.4, -0.2) is 20.3 Å². The molecule has 2 N–H and O–H groups in total. The van der Waals surface area contributed by atoms with E-state index in [0.717, 1.165) is 31.2 Å². The van der Waals surface area contributed by atoms with Crippen LogP contribution in [0, 0.1) is 0 Å². The van der Waals surface area contributed by atoms with Crippen LogP contribution in [0.4, 0.5) is 0 Å². The summed E-state index contributed by atoms with van der Waals surface area (Å²) in [6, 6.07) is 1.94. The predicted octanol–water partition coefficient (Wildman–Crippen LogP) is 2.85. The summed E-state index contributed by atoms with van der Waals surface area (Å²) in [4.78, 5) is 0. The molecular formula is C14H18ClNO3. The third-order valence-electron chi connectivity index (χ3n) is 3.97. The second-order valence-electron chi connectivity index (χ2n) is 5.16. The van der Waals surface area contributed by atoms with E-state index in [9.17, 15) is 0 Å². The Hall–Kier alpha value is -1.13. The van der Waals surface area contributed by atoms with Gasteiger partial charge in [0.15, 0.2) is 11.5 Å². The van der Waals surface area contributed by atoms with Crippen LogP contribution in [0.1, 0.15) is 31.2 Å². The molecule has 0 spiro atoms. The SMILES string of the molecule is COc1c(C2(N)CCCC2)cc2c(c1Cl)OCCO2. The maximum atomic E-state index is 6.52. The van der Waals surface area contributed by atoms with Crippen molar-refractivity contribution < 1.29 is 14.2 Å². The maximum Gasteiger partial charge on any atom is 0.183 e. The van der Waals surface area contributed by atoms with E-state index in [1.54, 1.807) is 7.11 Å². The van der Waals surface area contributed by atoms with Crippen molar-refractivity contribution in [1.82, 2.24) is 0 Å². The number of methoxy groups -OCH3 is 1. The summed E-state index contributed by atoms with van der Waals surface area (Å²) in [6.07, 6.45) is 4.15. The Labute approximate surface area is 117 Å². The molecule has 1 fully saturated rings. The van der Waals surface area contributed by atoms with E-state index in [2.05, 4.69) is 0 Å². The first-order chi connectivity index (χ1) is 9.15. The Morgan fingerprint density at radius 3 is 2.63 bits per heavy atom. The van der Waals surface area contributed by atoms with Crippen LogP contribution in [0.25, 0.3) is 0 Å². The monoisotopic (exact) mass is 283 g/mol. The summed E-state index contributed by atoms with van der Waals surface area (Å²) in [7, 11) is 1.61. The molecule has 3 rings (SSSR count). The van der Waals surface area contributed by atoms with Crippen LogP contribution < -0.4 is 19.9 Å².